The van der Waals surface area contributed by atoms with Gasteiger partial charge >= 0.3 is 0 Å². The molecule has 1 rings (SSSR count). The molecule has 1 aromatic heterocycles. The first-order valence-corrected chi connectivity index (χ1v) is 6.16. The molecule has 0 spiro atoms. The molecular formula is C11H19NO2S. The minimum atomic E-state index is 0.683. The summed E-state index contributed by atoms with van der Waals surface area (Å²) in [7, 11) is 1.69. The maximum Gasteiger partial charge on any atom is 0.0700 e. The third kappa shape index (κ3) is 6.62. The van der Waals surface area contributed by atoms with Crippen LogP contribution in [0.2, 0.25) is 0 Å². The van der Waals surface area contributed by atoms with Gasteiger partial charge in [0.05, 0.1) is 13.2 Å². The van der Waals surface area contributed by atoms with Crippen LogP contribution in [0.4, 0.5) is 0 Å². The number of nitrogens with one attached hydrogen (secondary N) is 1. The zero-order valence-electron chi connectivity index (χ0n) is 9.20. The summed E-state index contributed by atoms with van der Waals surface area (Å²) in [5.41, 5.74) is 1.36. The smallest absolute Gasteiger partial charge is 0.0700 e. The highest BCUT2D eigenvalue weighted by atomic mass is 32.1. The molecule has 0 fully saturated rings. The number of rotatable bonds is 9. The SMILES string of the molecule is COCCOCCCNCc1ccsc1. The van der Waals surface area contributed by atoms with E-state index in [1.807, 2.05) is 0 Å². The van der Waals surface area contributed by atoms with Crippen LogP contribution in [-0.2, 0) is 16.0 Å². The molecule has 0 aliphatic heterocycles. The Bertz CT molecular complexity index is 227. The molecule has 0 unspecified atom stereocenters. The average molecular weight is 229 g/mol. The van der Waals surface area contributed by atoms with Crippen LogP contribution in [0, 0.1) is 0 Å². The van der Waals surface area contributed by atoms with Gasteiger partial charge in [0.1, 0.15) is 0 Å². The molecule has 15 heavy (non-hydrogen) atoms. The lowest BCUT2D eigenvalue weighted by molar-refractivity contribution is 0.0695. The van der Waals surface area contributed by atoms with Crippen LogP contribution in [0.1, 0.15) is 12.0 Å². The summed E-state index contributed by atoms with van der Waals surface area (Å²) < 4.78 is 10.2. The first-order valence-electron chi connectivity index (χ1n) is 5.22. The lowest BCUT2D eigenvalue weighted by Crippen LogP contribution is -2.16. The number of hydrogen-bond acceptors (Lipinski definition) is 4. The van der Waals surface area contributed by atoms with Crippen molar-refractivity contribution in [3.8, 4) is 0 Å². The molecule has 1 N–H and O–H groups in total. The minimum Gasteiger partial charge on any atom is -0.382 e. The minimum absolute atomic E-state index is 0.683. The fraction of sp³-hybridized carbons (Fsp3) is 0.636. The number of thiophene rings is 1. The van der Waals surface area contributed by atoms with Gasteiger partial charge in [0.15, 0.2) is 0 Å². The maximum absolute atomic E-state index is 5.35. The zero-order valence-corrected chi connectivity index (χ0v) is 10.0. The normalized spacial score (nSPS) is 10.7. The van der Waals surface area contributed by atoms with Crippen LogP contribution >= 0.6 is 11.3 Å². The summed E-state index contributed by atoms with van der Waals surface area (Å²) in [6.07, 6.45) is 1.05. The quantitative estimate of drug-likeness (QED) is 0.656. The van der Waals surface area contributed by atoms with Crippen LogP contribution < -0.4 is 5.32 Å². The fourth-order valence-electron chi connectivity index (χ4n) is 1.17. The number of methoxy groups -OCH3 is 1. The average Bonchev–Trinajstić information content (AvgIpc) is 2.75. The van der Waals surface area contributed by atoms with Crippen LogP contribution in [-0.4, -0.2) is 33.5 Å². The highest BCUT2D eigenvalue weighted by Crippen LogP contribution is 2.04. The third-order valence-electron chi connectivity index (χ3n) is 1.98. The Morgan fingerprint density at radius 3 is 3.00 bits per heavy atom. The predicted molar refractivity (Wildman–Crippen MR) is 63.3 cm³/mol. The van der Waals surface area contributed by atoms with E-state index in [4.69, 9.17) is 9.47 Å². The largest absolute Gasteiger partial charge is 0.382 e. The van der Waals surface area contributed by atoms with Gasteiger partial charge in [-0.25, -0.2) is 0 Å². The highest BCUT2D eigenvalue weighted by Gasteiger charge is 1.92. The summed E-state index contributed by atoms with van der Waals surface area (Å²) >= 11 is 1.74. The monoisotopic (exact) mass is 229 g/mol. The first-order chi connectivity index (χ1) is 7.43. The van der Waals surface area contributed by atoms with Gasteiger partial charge in [-0.3, -0.25) is 0 Å². The first kappa shape index (κ1) is 12.6. The summed E-state index contributed by atoms with van der Waals surface area (Å²) in [5.74, 6) is 0. The second-order valence-electron chi connectivity index (χ2n) is 3.27. The molecule has 86 valence electrons. The molecule has 0 atom stereocenters. The topological polar surface area (TPSA) is 30.5 Å². The maximum atomic E-state index is 5.35. The van der Waals surface area contributed by atoms with Crippen LogP contribution in [0.5, 0.6) is 0 Å². The lowest BCUT2D eigenvalue weighted by Gasteiger charge is -2.04. The third-order valence-corrected chi connectivity index (χ3v) is 2.72. The predicted octanol–water partition coefficient (Wildman–Crippen LogP) is 1.89. The molecule has 0 saturated heterocycles. The van der Waals surface area contributed by atoms with E-state index in [9.17, 15) is 0 Å². The van der Waals surface area contributed by atoms with Gasteiger partial charge in [-0.1, -0.05) is 0 Å². The van der Waals surface area contributed by atoms with Crippen molar-refractivity contribution in [2.24, 2.45) is 0 Å². The van der Waals surface area contributed by atoms with Gasteiger partial charge in [-0.05, 0) is 35.4 Å². The molecule has 0 amide bonds. The van der Waals surface area contributed by atoms with E-state index in [0.717, 1.165) is 26.1 Å². The van der Waals surface area contributed by atoms with Crippen LogP contribution in [0.25, 0.3) is 0 Å². The lowest BCUT2D eigenvalue weighted by atomic mass is 10.3. The van der Waals surface area contributed by atoms with Crippen molar-refractivity contribution in [1.82, 2.24) is 5.32 Å². The van der Waals surface area contributed by atoms with Crippen molar-refractivity contribution >= 4 is 11.3 Å². The van der Waals surface area contributed by atoms with Gasteiger partial charge in [0, 0.05) is 20.3 Å². The van der Waals surface area contributed by atoms with Crippen molar-refractivity contribution in [2.45, 2.75) is 13.0 Å². The highest BCUT2D eigenvalue weighted by molar-refractivity contribution is 7.07. The summed E-state index contributed by atoms with van der Waals surface area (Å²) in [4.78, 5) is 0. The van der Waals surface area contributed by atoms with E-state index in [0.29, 0.717) is 13.2 Å². The fourth-order valence-corrected chi connectivity index (χ4v) is 1.84. The molecular weight excluding hydrogens is 210 g/mol. The number of hydrogen-bond donors (Lipinski definition) is 1. The second-order valence-corrected chi connectivity index (χ2v) is 4.05. The molecule has 0 aromatic carbocycles. The Kier molecular flexibility index (Phi) is 7.47. The molecule has 3 nitrogen and oxygen atoms in total. The van der Waals surface area contributed by atoms with E-state index in [2.05, 4.69) is 22.1 Å². The Morgan fingerprint density at radius 2 is 2.27 bits per heavy atom. The van der Waals surface area contributed by atoms with Crippen LogP contribution in [0.3, 0.4) is 0 Å². The molecule has 4 heteroatoms. The van der Waals surface area contributed by atoms with Crippen molar-refractivity contribution in [3.63, 3.8) is 0 Å². The van der Waals surface area contributed by atoms with E-state index < -0.39 is 0 Å². The van der Waals surface area contributed by atoms with Crippen molar-refractivity contribution in [1.29, 1.82) is 0 Å². The Balaban J connectivity index is 1.81. The van der Waals surface area contributed by atoms with Crippen LogP contribution in [0.15, 0.2) is 16.8 Å². The van der Waals surface area contributed by atoms with Gasteiger partial charge in [0.25, 0.3) is 0 Å². The molecule has 0 saturated carbocycles. The van der Waals surface area contributed by atoms with Gasteiger partial charge < -0.3 is 14.8 Å². The van der Waals surface area contributed by atoms with Gasteiger partial charge in [0.2, 0.25) is 0 Å². The standard InChI is InChI=1S/C11H19NO2S/c1-13-6-7-14-5-2-4-12-9-11-3-8-15-10-11/h3,8,10,12H,2,4-7,9H2,1H3. The molecule has 0 radical (unpaired) electrons. The summed E-state index contributed by atoms with van der Waals surface area (Å²) in [5, 5.41) is 7.64. The van der Waals surface area contributed by atoms with Crippen molar-refractivity contribution in [2.75, 3.05) is 33.5 Å². The summed E-state index contributed by atoms with van der Waals surface area (Å²) in [6.45, 7) is 4.15. The molecule has 1 heterocycles. The Morgan fingerprint density at radius 1 is 1.33 bits per heavy atom. The second kappa shape index (κ2) is 8.85. The van der Waals surface area contributed by atoms with Crippen molar-refractivity contribution in [3.05, 3.63) is 22.4 Å². The molecule has 0 bridgehead atoms. The Hall–Kier alpha value is -0.420. The zero-order chi connectivity index (χ0) is 10.8. The molecule has 0 aliphatic carbocycles. The van der Waals surface area contributed by atoms with Gasteiger partial charge in [-0.2, -0.15) is 11.3 Å². The van der Waals surface area contributed by atoms with E-state index >= 15 is 0 Å². The van der Waals surface area contributed by atoms with E-state index in [1.54, 1.807) is 18.4 Å². The molecule has 1 aromatic rings. The van der Waals surface area contributed by atoms with E-state index in [1.165, 1.54) is 5.56 Å². The van der Waals surface area contributed by atoms with Gasteiger partial charge in [-0.15, -0.1) is 0 Å². The van der Waals surface area contributed by atoms with E-state index in [-0.39, 0.29) is 0 Å². The Labute approximate surface area is 95.4 Å². The van der Waals surface area contributed by atoms with Crippen molar-refractivity contribution < 1.29 is 9.47 Å². The molecule has 0 aliphatic rings. The summed E-state index contributed by atoms with van der Waals surface area (Å²) in [6, 6.07) is 2.15. The number of ether oxygens (including phenoxy) is 2.